The molecule has 2 atom stereocenters. The quantitative estimate of drug-likeness (QED) is 0.478. The van der Waals surface area contributed by atoms with Crippen LogP contribution in [0.15, 0.2) is 0 Å². The molecule has 0 spiro atoms. The Hall–Kier alpha value is 0.160. The minimum absolute atomic E-state index is 0.679. The van der Waals surface area contributed by atoms with E-state index in [2.05, 4.69) is 0 Å². The molecule has 0 aliphatic carbocycles. The van der Waals surface area contributed by atoms with Gasteiger partial charge in [-0.05, 0) is 6.92 Å². The number of aliphatic hydroxyl groups is 1. The second-order valence-electron chi connectivity index (χ2n) is 1.99. The molecule has 0 radical (unpaired) electrons. The van der Waals surface area contributed by atoms with E-state index >= 15 is 0 Å². The van der Waals surface area contributed by atoms with Gasteiger partial charge in [0.1, 0.15) is 5.75 Å². The lowest BCUT2D eigenvalue weighted by Gasteiger charge is -2.09. The van der Waals surface area contributed by atoms with Crippen LogP contribution >= 0.6 is 11.6 Å². The summed E-state index contributed by atoms with van der Waals surface area (Å²) in [6.45, 7) is 1.44. The van der Waals surface area contributed by atoms with Crippen LogP contribution < -0.4 is 0 Å². The van der Waals surface area contributed by atoms with Gasteiger partial charge in [-0.25, -0.2) is 0 Å². The third-order valence-corrected chi connectivity index (χ3v) is 1.97. The predicted molar refractivity (Wildman–Crippen MR) is 37.7 cm³/mol. The van der Waals surface area contributed by atoms with Gasteiger partial charge < -0.3 is 5.11 Å². The first kappa shape index (κ1) is 10.2. The molecular weight excluding hydrogens is 180 g/mol. The van der Waals surface area contributed by atoms with Gasteiger partial charge in [0.15, 0.2) is 0 Å². The number of alkyl halides is 1. The highest BCUT2D eigenvalue weighted by atomic mass is 35.5. The van der Waals surface area contributed by atoms with Crippen LogP contribution in [0.5, 0.6) is 0 Å². The Morgan fingerprint density at radius 3 is 2.10 bits per heavy atom. The van der Waals surface area contributed by atoms with Crippen LogP contribution in [0.4, 0.5) is 0 Å². The third kappa shape index (κ3) is 4.99. The molecule has 0 aliphatic rings. The molecule has 0 rings (SSSR count). The van der Waals surface area contributed by atoms with Crippen molar-refractivity contribution in [2.45, 2.75) is 18.4 Å². The van der Waals surface area contributed by atoms with Crippen LogP contribution in [0.25, 0.3) is 0 Å². The van der Waals surface area contributed by atoms with Gasteiger partial charge >= 0.3 is 0 Å². The Morgan fingerprint density at radius 2 is 2.00 bits per heavy atom. The summed E-state index contributed by atoms with van der Waals surface area (Å²) < 4.78 is 28.4. The van der Waals surface area contributed by atoms with Crippen molar-refractivity contribution < 1.29 is 18.1 Å². The standard InChI is InChI=1S/C4H9ClO4S/c1-3(5)4(6)2-10(7,8)9/h3-4,6H,2H2,1H3,(H,7,8,9). The molecule has 10 heavy (non-hydrogen) atoms. The molecule has 0 amide bonds. The molecular formula is C4H9ClO4S. The van der Waals surface area contributed by atoms with Gasteiger partial charge in [-0.2, -0.15) is 8.42 Å². The summed E-state index contributed by atoms with van der Waals surface area (Å²) >= 11 is 5.31. The fourth-order valence-corrected chi connectivity index (χ4v) is 1.26. The molecule has 0 saturated heterocycles. The van der Waals surface area contributed by atoms with Crippen molar-refractivity contribution in [3.8, 4) is 0 Å². The average molecular weight is 189 g/mol. The van der Waals surface area contributed by atoms with E-state index < -0.39 is 27.4 Å². The second kappa shape index (κ2) is 3.52. The maximum atomic E-state index is 10.1. The van der Waals surface area contributed by atoms with Gasteiger partial charge in [-0.1, -0.05) is 0 Å². The molecule has 62 valence electrons. The molecule has 6 heteroatoms. The van der Waals surface area contributed by atoms with E-state index in [0.717, 1.165) is 0 Å². The number of halogens is 1. The zero-order valence-electron chi connectivity index (χ0n) is 5.36. The van der Waals surface area contributed by atoms with Crippen LogP contribution in [0.1, 0.15) is 6.92 Å². The van der Waals surface area contributed by atoms with Crippen molar-refractivity contribution in [2.24, 2.45) is 0 Å². The maximum Gasteiger partial charge on any atom is 0.267 e. The molecule has 0 aromatic carbocycles. The summed E-state index contributed by atoms with van der Waals surface area (Å²) in [5.41, 5.74) is 0. The van der Waals surface area contributed by atoms with E-state index in [1.165, 1.54) is 6.92 Å². The molecule has 0 fully saturated rings. The predicted octanol–water partition coefficient (Wildman–Crippen LogP) is -0.138. The number of rotatable bonds is 3. The second-order valence-corrected chi connectivity index (χ2v) is 4.18. The molecule has 4 nitrogen and oxygen atoms in total. The Labute approximate surface area is 64.6 Å². The Morgan fingerprint density at radius 1 is 1.60 bits per heavy atom. The van der Waals surface area contributed by atoms with E-state index in [9.17, 15) is 8.42 Å². The van der Waals surface area contributed by atoms with Crippen molar-refractivity contribution in [3.05, 3.63) is 0 Å². The van der Waals surface area contributed by atoms with E-state index in [1.54, 1.807) is 0 Å². The number of hydrogen-bond acceptors (Lipinski definition) is 3. The maximum absolute atomic E-state index is 10.1. The van der Waals surface area contributed by atoms with E-state index in [4.69, 9.17) is 21.3 Å². The fourth-order valence-electron chi connectivity index (χ4n) is 0.348. The monoisotopic (exact) mass is 188 g/mol. The highest BCUT2D eigenvalue weighted by Gasteiger charge is 2.18. The molecule has 0 saturated carbocycles. The van der Waals surface area contributed by atoms with Crippen LogP contribution in [-0.2, 0) is 10.1 Å². The van der Waals surface area contributed by atoms with Crippen molar-refractivity contribution in [1.82, 2.24) is 0 Å². The van der Waals surface area contributed by atoms with Crippen molar-refractivity contribution >= 4 is 21.7 Å². The topological polar surface area (TPSA) is 74.6 Å². The van der Waals surface area contributed by atoms with Gasteiger partial charge in [0.25, 0.3) is 10.1 Å². The number of aliphatic hydroxyl groups excluding tert-OH is 1. The summed E-state index contributed by atoms with van der Waals surface area (Å²) in [6.07, 6.45) is -1.21. The van der Waals surface area contributed by atoms with Gasteiger partial charge in [-0.3, -0.25) is 4.55 Å². The molecule has 2 unspecified atom stereocenters. The molecule has 0 aromatic rings. The lowest BCUT2D eigenvalue weighted by molar-refractivity contribution is 0.194. The minimum atomic E-state index is -4.10. The molecule has 0 bridgehead atoms. The van der Waals surface area contributed by atoms with Crippen molar-refractivity contribution in [2.75, 3.05) is 5.75 Å². The van der Waals surface area contributed by atoms with Gasteiger partial charge in [0.2, 0.25) is 0 Å². The largest absolute Gasteiger partial charge is 0.390 e. The summed E-state index contributed by atoms with van der Waals surface area (Å²) in [7, 11) is -4.10. The number of hydrogen-bond donors (Lipinski definition) is 2. The fraction of sp³-hybridized carbons (Fsp3) is 1.00. The van der Waals surface area contributed by atoms with E-state index in [0.29, 0.717) is 0 Å². The van der Waals surface area contributed by atoms with Gasteiger partial charge in [-0.15, -0.1) is 11.6 Å². The molecule has 0 heterocycles. The zero-order valence-corrected chi connectivity index (χ0v) is 6.93. The summed E-state index contributed by atoms with van der Waals surface area (Å²) in [4.78, 5) is 0. The highest BCUT2D eigenvalue weighted by Crippen LogP contribution is 2.03. The van der Waals surface area contributed by atoms with Crippen molar-refractivity contribution in [3.63, 3.8) is 0 Å². The normalized spacial score (nSPS) is 18.4. The zero-order chi connectivity index (χ0) is 8.36. The first-order chi connectivity index (χ1) is 4.33. The first-order valence-electron chi connectivity index (χ1n) is 2.60. The van der Waals surface area contributed by atoms with Gasteiger partial charge in [0.05, 0.1) is 11.5 Å². The molecule has 0 aliphatic heterocycles. The minimum Gasteiger partial charge on any atom is -0.390 e. The lowest BCUT2D eigenvalue weighted by atomic mass is 10.3. The Kier molecular flexibility index (Phi) is 3.58. The smallest absolute Gasteiger partial charge is 0.267 e. The summed E-state index contributed by atoms with van der Waals surface area (Å²) in [5, 5.41) is 8.11. The Bertz CT molecular complexity index is 185. The van der Waals surface area contributed by atoms with E-state index in [1.807, 2.05) is 0 Å². The highest BCUT2D eigenvalue weighted by molar-refractivity contribution is 7.85. The van der Waals surface area contributed by atoms with Crippen LogP contribution in [0.3, 0.4) is 0 Å². The summed E-state index contributed by atoms with van der Waals surface area (Å²) in [6, 6.07) is 0. The summed E-state index contributed by atoms with van der Waals surface area (Å²) in [5.74, 6) is -0.711. The van der Waals surface area contributed by atoms with Crippen LogP contribution in [-0.4, -0.2) is 35.3 Å². The lowest BCUT2D eigenvalue weighted by Crippen LogP contribution is -2.27. The average Bonchev–Trinajstić information content (AvgIpc) is 1.60. The SMILES string of the molecule is CC(Cl)C(O)CS(=O)(=O)O. The third-order valence-electron chi connectivity index (χ3n) is 0.912. The van der Waals surface area contributed by atoms with Crippen molar-refractivity contribution in [1.29, 1.82) is 0 Å². The molecule has 0 aromatic heterocycles. The van der Waals surface area contributed by atoms with Crippen LogP contribution in [0.2, 0.25) is 0 Å². The first-order valence-corrected chi connectivity index (χ1v) is 4.65. The molecule has 2 N–H and O–H groups in total. The van der Waals surface area contributed by atoms with Crippen LogP contribution in [0, 0.1) is 0 Å². The Balaban J connectivity index is 3.93. The van der Waals surface area contributed by atoms with Gasteiger partial charge in [0, 0.05) is 0 Å². The van der Waals surface area contributed by atoms with E-state index in [-0.39, 0.29) is 0 Å².